The fourth-order valence-electron chi connectivity index (χ4n) is 4.05. The van der Waals surface area contributed by atoms with Gasteiger partial charge in [0.25, 0.3) is 0 Å². The molecule has 1 aliphatic carbocycles. The van der Waals surface area contributed by atoms with Gasteiger partial charge in [-0.1, -0.05) is 32.9 Å². The zero-order chi connectivity index (χ0) is 14.8. The molecule has 1 saturated carbocycles. The number of rotatable bonds is 4. The summed E-state index contributed by atoms with van der Waals surface area (Å²) in [5.41, 5.74) is 7.91. The highest BCUT2D eigenvalue weighted by atomic mass is 16.3. The Balaban J connectivity index is 2.08. The maximum Gasteiger partial charge on any atom is 0.0613 e. The van der Waals surface area contributed by atoms with Crippen LogP contribution >= 0.6 is 0 Å². The molecule has 112 valence electrons. The molecule has 0 saturated heterocycles. The summed E-state index contributed by atoms with van der Waals surface area (Å²) in [6, 6.07) is 7.95. The van der Waals surface area contributed by atoms with E-state index < -0.39 is 0 Å². The highest BCUT2D eigenvalue weighted by Crippen LogP contribution is 2.43. The summed E-state index contributed by atoms with van der Waals surface area (Å²) in [5.74, 6) is 0.638. The molecule has 1 aromatic carbocycles. The van der Waals surface area contributed by atoms with E-state index in [1.807, 2.05) is 18.2 Å². The molecule has 1 fully saturated rings. The molecule has 2 atom stereocenters. The third-order valence-corrected chi connectivity index (χ3v) is 4.38. The maximum atomic E-state index is 9.94. The number of hydrogen-bond donors (Lipinski definition) is 3. The molecule has 0 aromatic heterocycles. The minimum atomic E-state index is -0.161. The summed E-state index contributed by atoms with van der Waals surface area (Å²) in [6.45, 7) is 7.84. The van der Waals surface area contributed by atoms with Gasteiger partial charge in [-0.25, -0.2) is 0 Å². The van der Waals surface area contributed by atoms with Crippen LogP contribution in [0.4, 0.5) is 5.69 Å². The zero-order valence-electron chi connectivity index (χ0n) is 12.9. The second-order valence-electron chi connectivity index (χ2n) is 7.39. The predicted molar refractivity (Wildman–Crippen MR) is 84.3 cm³/mol. The fraction of sp³-hybridized carbons (Fsp3) is 0.647. The lowest BCUT2D eigenvalue weighted by atomic mass is 9.64. The molecule has 0 aliphatic heterocycles. The molecular formula is C17H28N2O. The van der Waals surface area contributed by atoms with Crippen LogP contribution in [0, 0.1) is 11.3 Å². The third-order valence-electron chi connectivity index (χ3n) is 4.38. The van der Waals surface area contributed by atoms with Crippen molar-refractivity contribution in [1.82, 2.24) is 5.32 Å². The van der Waals surface area contributed by atoms with Crippen LogP contribution < -0.4 is 11.1 Å². The normalized spacial score (nSPS) is 29.3. The number of hydrogen-bond acceptors (Lipinski definition) is 3. The molecule has 0 radical (unpaired) electrons. The van der Waals surface area contributed by atoms with E-state index >= 15 is 0 Å². The average molecular weight is 276 g/mol. The quantitative estimate of drug-likeness (QED) is 0.741. The lowest BCUT2D eigenvalue weighted by Crippen LogP contribution is -2.54. The van der Waals surface area contributed by atoms with Crippen molar-refractivity contribution in [2.75, 3.05) is 12.3 Å². The van der Waals surface area contributed by atoms with Crippen LogP contribution in [0.15, 0.2) is 24.3 Å². The van der Waals surface area contributed by atoms with Gasteiger partial charge in [-0.3, -0.25) is 0 Å². The van der Waals surface area contributed by atoms with Gasteiger partial charge in [0, 0.05) is 17.8 Å². The number of anilines is 1. The molecule has 20 heavy (non-hydrogen) atoms. The van der Waals surface area contributed by atoms with Crippen LogP contribution in [-0.2, 0) is 6.54 Å². The molecular weight excluding hydrogens is 248 g/mol. The number of aliphatic hydroxyl groups is 1. The van der Waals surface area contributed by atoms with Crippen LogP contribution in [0.5, 0.6) is 0 Å². The van der Waals surface area contributed by atoms with E-state index in [2.05, 4.69) is 32.2 Å². The number of nitrogens with one attached hydrogen (secondary N) is 1. The van der Waals surface area contributed by atoms with Gasteiger partial charge >= 0.3 is 0 Å². The Kier molecular flexibility index (Phi) is 4.40. The van der Waals surface area contributed by atoms with Crippen LogP contribution in [-0.4, -0.2) is 17.3 Å². The minimum Gasteiger partial charge on any atom is -0.399 e. The zero-order valence-corrected chi connectivity index (χ0v) is 12.9. The van der Waals surface area contributed by atoms with Gasteiger partial charge in [0.1, 0.15) is 0 Å². The van der Waals surface area contributed by atoms with E-state index in [1.165, 1.54) is 12.0 Å². The molecule has 2 rings (SSSR count). The summed E-state index contributed by atoms with van der Waals surface area (Å²) >= 11 is 0. The van der Waals surface area contributed by atoms with Gasteiger partial charge in [0.15, 0.2) is 0 Å². The van der Waals surface area contributed by atoms with Crippen molar-refractivity contribution in [2.45, 2.75) is 52.1 Å². The lowest BCUT2D eigenvalue weighted by molar-refractivity contribution is 0.0352. The summed E-state index contributed by atoms with van der Waals surface area (Å²) in [5, 5.41) is 13.5. The van der Waals surface area contributed by atoms with Gasteiger partial charge in [0.05, 0.1) is 6.61 Å². The summed E-state index contributed by atoms with van der Waals surface area (Å²) < 4.78 is 0. The van der Waals surface area contributed by atoms with Crippen LogP contribution in [0.1, 0.15) is 45.6 Å². The van der Waals surface area contributed by atoms with Gasteiger partial charge in [0.2, 0.25) is 0 Å². The summed E-state index contributed by atoms with van der Waals surface area (Å²) in [7, 11) is 0. The minimum absolute atomic E-state index is 0.161. The SMILES string of the molecule is CC1CC(C)(C)CC(CO)(NCc2cccc(N)c2)C1. The summed E-state index contributed by atoms with van der Waals surface area (Å²) in [4.78, 5) is 0. The molecule has 3 heteroatoms. The Bertz CT molecular complexity index is 458. The Labute approximate surface area is 122 Å². The first kappa shape index (κ1) is 15.3. The third kappa shape index (κ3) is 3.74. The van der Waals surface area contributed by atoms with Crippen molar-refractivity contribution in [3.63, 3.8) is 0 Å². The second-order valence-corrected chi connectivity index (χ2v) is 7.39. The molecule has 0 heterocycles. The van der Waals surface area contributed by atoms with Gasteiger partial charge < -0.3 is 16.2 Å². The molecule has 0 amide bonds. The van der Waals surface area contributed by atoms with Gasteiger partial charge in [-0.15, -0.1) is 0 Å². The van der Waals surface area contributed by atoms with Gasteiger partial charge in [-0.05, 0) is 48.3 Å². The second kappa shape index (κ2) is 5.74. The molecule has 0 spiro atoms. The Morgan fingerprint density at radius 1 is 1.35 bits per heavy atom. The Morgan fingerprint density at radius 2 is 2.10 bits per heavy atom. The predicted octanol–water partition coefficient (Wildman–Crippen LogP) is 2.94. The molecule has 2 unspecified atom stereocenters. The van der Waals surface area contributed by atoms with Crippen LogP contribution in [0.2, 0.25) is 0 Å². The van der Waals surface area contributed by atoms with E-state index in [4.69, 9.17) is 5.73 Å². The first-order valence-corrected chi connectivity index (χ1v) is 7.54. The highest BCUT2D eigenvalue weighted by molar-refractivity contribution is 5.40. The standard InChI is InChI=1S/C17H28N2O/c1-13-8-16(2,3)11-17(9-13,12-20)19-10-14-5-4-6-15(18)7-14/h4-7,13,19-20H,8-12,18H2,1-3H3. The van der Waals surface area contributed by atoms with Crippen molar-refractivity contribution < 1.29 is 5.11 Å². The number of nitrogens with two attached hydrogens (primary N) is 1. The Morgan fingerprint density at radius 3 is 2.70 bits per heavy atom. The van der Waals surface area contributed by atoms with Crippen molar-refractivity contribution in [3.05, 3.63) is 29.8 Å². The van der Waals surface area contributed by atoms with E-state index in [-0.39, 0.29) is 17.6 Å². The van der Waals surface area contributed by atoms with Crippen molar-refractivity contribution in [2.24, 2.45) is 11.3 Å². The van der Waals surface area contributed by atoms with E-state index in [9.17, 15) is 5.11 Å². The van der Waals surface area contributed by atoms with Crippen LogP contribution in [0.3, 0.4) is 0 Å². The number of nitrogen functional groups attached to an aromatic ring is 1. The molecule has 3 nitrogen and oxygen atoms in total. The van der Waals surface area contributed by atoms with Crippen molar-refractivity contribution in [1.29, 1.82) is 0 Å². The highest BCUT2D eigenvalue weighted by Gasteiger charge is 2.42. The van der Waals surface area contributed by atoms with E-state index in [1.54, 1.807) is 0 Å². The Hall–Kier alpha value is -1.06. The maximum absolute atomic E-state index is 9.94. The first-order valence-electron chi connectivity index (χ1n) is 7.54. The first-order chi connectivity index (χ1) is 9.34. The van der Waals surface area contributed by atoms with E-state index in [0.717, 1.165) is 25.1 Å². The van der Waals surface area contributed by atoms with Gasteiger partial charge in [-0.2, -0.15) is 0 Å². The molecule has 0 bridgehead atoms. The average Bonchev–Trinajstić information content (AvgIpc) is 2.34. The lowest BCUT2D eigenvalue weighted by Gasteiger charge is -2.47. The van der Waals surface area contributed by atoms with Crippen molar-refractivity contribution >= 4 is 5.69 Å². The fourth-order valence-corrected chi connectivity index (χ4v) is 4.05. The van der Waals surface area contributed by atoms with Crippen molar-refractivity contribution in [3.8, 4) is 0 Å². The summed E-state index contributed by atoms with van der Waals surface area (Å²) in [6.07, 6.45) is 3.28. The smallest absolute Gasteiger partial charge is 0.0613 e. The number of benzene rings is 1. The van der Waals surface area contributed by atoms with E-state index in [0.29, 0.717) is 5.92 Å². The topological polar surface area (TPSA) is 58.3 Å². The largest absolute Gasteiger partial charge is 0.399 e. The molecule has 1 aliphatic rings. The molecule has 4 N–H and O–H groups in total. The monoisotopic (exact) mass is 276 g/mol. The molecule has 1 aromatic rings. The van der Waals surface area contributed by atoms with Crippen LogP contribution in [0.25, 0.3) is 0 Å². The number of aliphatic hydroxyl groups excluding tert-OH is 1.